The maximum absolute atomic E-state index is 9.49. The molecule has 0 saturated carbocycles. The molecule has 0 bridgehead atoms. The van der Waals surface area contributed by atoms with Crippen LogP contribution in [0, 0.1) is 6.92 Å². The number of amidine groups is 1. The molecule has 0 spiro atoms. The summed E-state index contributed by atoms with van der Waals surface area (Å²) in [6.07, 6.45) is 4.94. The number of aryl methyl sites for hydroxylation is 1. The third kappa shape index (κ3) is 6.86. The zero-order valence-electron chi connectivity index (χ0n) is 15.4. The van der Waals surface area contributed by atoms with Gasteiger partial charge in [-0.1, -0.05) is 45.4 Å². The van der Waals surface area contributed by atoms with Crippen LogP contribution in [0.1, 0.15) is 32.8 Å². The molecular weight excluding hydrogens is 317 g/mol. The van der Waals surface area contributed by atoms with Gasteiger partial charge in [-0.3, -0.25) is 0 Å². The fourth-order valence-electron chi connectivity index (χ4n) is 2.13. The van der Waals surface area contributed by atoms with E-state index in [-0.39, 0.29) is 12.6 Å². The van der Waals surface area contributed by atoms with Crippen molar-refractivity contribution in [1.29, 1.82) is 0 Å². The van der Waals surface area contributed by atoms with E-state index < -0.39 is 0 Å². The second-order valence-electron chi connectivity index (χ2n) is 5.63. The number of aliphatic imine (C=N–C) groups is 1. The minimum atomic E-state index is 0.00697. The summed E-state index contributed by atoms with van der Waals surface area (Å²) >= 11 is 0. The molecule has 4 nitrogen and oxygen atoms in total. The van der Waals surface area contributed by atoms with Gasteiger partial charge in [0.1, 0.15) is 11.7 Å². The number of aliphatic hydroxyl groups excluding tert-OH is 1. The van der Waals surface area contributed by atoms with Crippen LogP contribution in [-0.4, -0.2) is 30.3 Å². The Bertz CT molecular complexity index is 587. The Morgan fingerprint density at radius 3 is 2.50 bits per heavy atom. The molecule has 2 atom stereocenters. The van der Waals surface area contributed by atoms with Crippen LogP contribution in [0.15, 0.2) is 52.5 Å². The highest BCUT2D eigenvalue weighted by Crippen LogP contribution is 2.24. The molecule has 0 radical (unpaired) electrons. The first-order chi connectivity index (χ1) is 11.5. The van der Waals surface area contributed by atoms with Crippen molar-refractivity contribution in [3.8, 4) is 0 Å². The van der Waals surface area contributed by atoms with Crippen LogP contribution >= 0.6 is 8.58 Å². The molecule has 1 rings (SSSR count). The van der Waals surface area contributed by atoms with Crippen molar-refractivity contribution in [2.45, 2.75) is 40.2 Å². The van der Waals surface area contributed by atoms with Gasteiger partial charge in [0.2, 0.25) is 0 Å². The van der Waals surface area contributed by atoms with E-state index >= 15 is 0 Å². The predicted octanol–water partition coefficient (Wildman–Crippen LogP) is 4.24. The maximum atomic E-state index is 9.49. The van der Waals surface area contributed by atoms with Gasteiger partial charge in [0.05, 0.1) is 12.6 Å². The Labute approximate surface area is 148 Å². The number of hydrogen-bond donors (Lipinski definition) is 3. The van der Waals surface area contributed by atoms with Crippen molar-refractivity contribution in [3.05, 3.63) is 53.1 Å². The fourth-order valence-corrected chi connectivity index (χ4v) is 2.83. The van der Waals surface area contributed by atoms with Crippen LogP contribution in [0.25, 0.3) is 0 Å². The highest BCUT2D eigenvalue weighted by molar-refractivity contribution is 7.42. The molecule has 3 N–H and O–H groups in total. The number of aliphatic hydroxyl groups is 1. The standard InChI is InChI=1S/C19H30N3OP/c1-6-8-18(24-5)19(22-16(7-2)13-23)21-15(4)20-17-11-9-14(3)10-12-17/h6,8-12,16,22-24H,7,13H2,1-5H3,(H,20,21)/b8-6+,19-18-. The normalized spacial score (nSPS) is 15.0. The lowest BCUT2D eigenvalue weighted by atomic mass is 10.2. The summed E-state index contributed by atoms with van der Waals surface area (Å²) in [4.78, 5) is 4.74. The minimum absolute atomic E-state index is 0.00697. The Morgan fingerprint density at radius 2 is 2.00 bits per heavy atom. The number of anilines is 1. The van der Waals surface area contributed by atoms with Crippen LogP contribution in [0.4, 0.5) is 5.69 Å². The highest BCUT2D eigenvalue weighted by atomic mass is 31.1. The summed E-state index contributed by atoms with van der Waals surface area (Å²) < 4.78 is 0. The van der Waals surface area contributed by atoms with Crippen LogP contribution < -0.4 is 10.6 Å². The van der Waals surface area contributed by atoms with Gasteiger partial charge in [-0.05, 0) is 46.0 Å². The zero-order valence-corrected chi connectivity index (χ0v) is 16.4. The number of allylic oxidation sites excluding steroid dienone is 3. The zero-order chi connectivity index (χ0) is 17.9. The van der Waals surface area contributed by atoms with Gasteiger partial charge >= 0.3 is 0 Å². The van der Waals surface area contributed by atoms with E-state index in [0.717, 1.165) is 29.1 Å². The molecule has 2 unspecified atom stereocenters. The minimum Gasteiger partial charge on any atom is -0.394 e. The Hall–Kier alpha value is -1.64. The van der Waals surface area contributed by atoms with Gasteiger partial charge in [-0.2, -0.15) is 0 Å². The average molecular weight is 347 g/mol. The average Bonchev–Trinajstić information content (AvgIpc) is 2.58. The number of nitrogens with zero attached hydrogens (tertiary/aromatic N) is 1. The van der Waals surface area contributed by atoms with Crippen molar-refractivity contribution >= 4 is 20.1 Å². The van der Waals surface area contributed by atoms with Crippen molar-refractivity contribution in [3.63, 3.8) is 0 Å². The van der Waals surface area contributed by atoms with Crippen LogP contribution in [-0.2, 0) is 0 Å². The summed E-state index contributed by atoms with van der Waals surface area (Å²) in [7, 11) is 0.618. The molecule has 0 aliphatic carbocycles. The van der Waals surface area contributed by atoms with E-state index in [9.17, 15) is 5.11 Å². The van der Waals surface area contributed by atoms with Gasteiger partial charge in [0, 0.05) is 11.0 Å². The summed E-state index contributed by atoms with van der Waals surface area (Å²) in [5.74, 6) is 1.64. The molecule has 1 aromatic carbocycles. The van der Waals surface area contributed by atoms with Crippen molar-refractivity contribution in [2.75, 3.05) is 18.6 Å². The topological polar surface area (TPSA) is 56.7 Å². The number of benzene rings is 1. The molecule has 1 aromatic rings. The summed E-state index contributed by atoms with van der Waals surface area (Å²) in [5, 5.41) is 17.3. The van der Waals surface area contributed by atoms with E-state index in [1.54, 1.807) is 0 Å². The monoisotopic (exact) mass is 347 g/mol. The second kappa shape index (κ2) is 11.0. The summed E-state index contributed by atoms with van der Waals surface area (Å²) in [5.41, 5.74) is 2.25. The van der Waals surface area contributed by atoms with E-state index in [4.69, 9.17) is 4.99 Å². The van der Waals surface area contributed by atoms with Crippen LogP contribution in [0.2, 0.25) is 0 Å². The van der Waals surface area contributed by atoms with Crippen molar-refractivity contribution in [2.24, 2.45) is 4.99 Å². The lowest BCUT2D eigenvalue weighted by Gasteiger charge is -2.19. The Kier molecular flexibility index (Phi) is 9.36. The van der Waals surface area contributed by atoms with Crippen LogP contribution in [0.5, 0.6) is 0 Å². The number of rotatable bonds is 8. The summed E-state index contributed by atoms with van der Waals surface area (Å²) in [6.45, 7) is 10.3. The van der Waals surface area contributed by atoms with Crippen LogP contribution in [0.3, 0.4) is 0 Å². The van der Waals surface area contributed by atoms with E-state index in [0.29, 0.717) is 8.58 Å². The molecular formula is C19H30N3OP. The van der Waals surface area contributed by atoms with Gasteiger partial charge in [-0.15, -0.1) is 0 Å². The lowest BCUT2D eigenvalue weighted by molar-refractivity contribution is 0.246. The second-order valence-corrected chi connectivity index (χ2v) is 6.67. The maximum Gasteiger partial charge on any atom is 0.135 e. The third-order valence-electron chi connectivity index (χ3n) is 3.57. The molecule has 0 amide bonds. The lowest BCUT2D eigenvalue weighted by Crippen LogP contribution is -2.31. The predicted molar refractivity (Wildman–Crippen MR) is 108 cm³/mol. The van der Waals surface area contributed by atoms with Crippen molar-refractivity contribution < 1.29 is 5.11 Å². The van der Waals surface area contributed by atoms with E-state index in [1.165, 1.54) is 5.56 Å². The Balaban J connectivity index is 3.06. The van der Waals surface area contributed by atoms with Gasteiger partial charge < -0.3 is 15.7 Å². The molecule has 0 saturated heterocycles. The van der Waals surface area contributed by atoms with Gasteiger partial charge in [0.15, 0.2) is 0 Å². The third-order valence-corrected chi connectivity index (χ3v) is 4.51. The SMILES string of the molecule is C/C=C/C(PC)=C(\N=C(/C)Nc1ccc(C)cc1)NC(CC)CO. The van der Waals surface area contributed by atoms with Gasteiger partial charge in [0.25, 0.3) is 0 Å². The smallest absolute Gasteiger partial charge is 0.135 e. The molecule has 0 aromatic heterocycles. The quantitative estimate of drug-likeness (QED) is 0.285. The fraction of sp³-hybridized carbons (Fsp3) is 0.421. The Morgan fingerprint density at radius 1 is 1.33 bits per heavy atom. The number of nitrogens with one attached hydrogen (secondary N) is 2. The first-order valence-corrected chi connectivity index (χ1v) is 9.85. The number of hydrogen-bond acceptors (Lipinski definition) is 3. The molecule has 0 fully saturated rings. The first-order valence-electron chi connectivity index (χ1n) is 8.35. The molecule has 5 heteroatoms. The molecule has 0 heterocycles. The summed E-state index contributed by atoms with van der Waals surface area (Å²) in [6, 6.07) is 8.24. The highest BCUT2D eigenvalue weighted by Gasteiger charge is 2.09. The molecule has 132 valence electrons. The first kappa shape index (κ1) is 20.4. The van der Waals surface area contributed by atoms with Crippen molar-refractivity contribution in [1.82, 2.24) is 5.32 Å². The largest absolute Gasteiger partial charge is 0.394 e. The molecule has 0 aliphatic heterocycles. The van der Waals surface area contributed by atoms with Gasteiger partial charge in [-0.25, -0.2) is 4.99 Å². The van der Waals surface area contributed by atoms with E-state index in [2.05, 4.69) is 49.4 Å². The molecule has 0 aliphatic rings. The molecule has 24 heavy (non-hydrogen) atoms. The van der Waals surface area contributed by atoms with E-state index in [1.807, 2.05) is 32.1 Å².